The molecule has 3 aromatic rings. The maximum Gasteiger partial charge on any atom is 0.143 e. The first-order chi connectivity index (χ1) is 21.0. The molecule has 6 nitrogen and oxygen atoms in total. The molecule has 0 aliphatic rings. The summed E-state index contributed by atoms with van der Waals surface area (Å²) in [6.45, 7) is 4.50. The third-order valence-electron chi connectivity index (χ3n) is 8.28. The van der Waals surface area contributed by atoms with E-state index in [9.17, 15) is 15.7 Å². The Morgan fingerprint density at radius 3 is 1.44 bits per heavy atom. The molecule has 0 aromatic heterocycles. The predicted octanol–water partition coefficient (Wildman–Crippen LogP) is 9.34. The standard InChI is InChI=1S/C37H51N3O3/c1-30(2)21-13-8-6-4-3-5-7-9-20-28-35(41)36(42)34(39-40-38)29-43-37(31-22-14-10-15-23-31,32-24-16-11-17-25-32)33-26-18-12-19-27-33/h10-12,14-19,22-27,30,34-36,41-42H,3-9,13,20-21,28-29H2,1-2H3/t34-,35+,36-/m0/s1. The van der Waals surface area contributed by atoms with Gasteiger partial charge in [-0.3, -0.25) is 0 Å². The Hall–Kier alpha value is -3.15. The van der Waals surface area contributed by atoms with Crippen LogP contribution in [0.25, 0.3) is 10.4 Å². The summed E-state index contributed by atoms with van der Waals surface area (Å²) in [7, 11) is 0. The van der Waals surface area contributed by atoms with E-state index < -0.39 is 23.9 Å². The van der Waals surface area contributed by atoms with Crippen molar-refractivity contribution in [3.05, 3.63) is 118 Å². The van der Waals surface area contributed by atoms with Crippen LogP contribution < -0.4 is 0 Å². The zero-order valence-electron chi connectivity index (χ0n) is 26.1. The van der Waals surface area contributed by atoms with Gasteiger partial charge in [-0.25, -0.2) is 0 Å². The number of ether oxygens (including phenoxy) is 1. The number of aliphatic hydroxyl groups excluding tert-OH is 2. The Morgan fingerprint density at radius 2 is 1.05 bits per heavy atom. The van der Waals surface area contributed by atoms with Crippen LogP contribution in [0.15, 0.2) is 96.1 Å². The summed E-state index contributed by atoms with van der Waals surface area (Å²) in [6.07, 6.45) is 10.3. The monoisotopic (exact) mass is 585 g/mol. The van der Waals surface area contributed by atoms with Crippen molar-refractivity contribution in [3.63, 3.8) is 0 Å². The van der Waals surface area contributed by atoms with Gasteiger partial charge in [-0.15, -0.1) is 0 Å². The lowest BCUT2D eigenvalue weighted by Crippen LogP contribution is -2.42. The van der Waals surface area contributed by atoms with Gasteiger partial charge >= 0.3 is 0 Å². The van der Waals surface area contributed by atoms with E-state index >= 15 is 0 Å². The third kappa shape index (κ3) is 10.8. The van der Waals surface area contributed by atoms with Gasteiger partial charge in [0.05, 0.1) is 24.9 Å². The van der Waals surface area contributed by atoms with E-state index in [0.29, 0.717) is 6.42 Å². The largest absolute Gasteiger partial charge is 0.390 e. The first-order valence-corrected chi connectivity index (χ1v) is 16.2. The Balaban J connectivity index is 1.60. The SMILES string of the molecule is CC(C)CCCCCCCCCCC[C@@H](O)[C@@H](O)[C@H](COC(c1ccccc1)(c1ccccc1)c1ccccc1)N=[N+]=[N-]. The van der Waals surface area contributed by atoms with Crippen molar-refractivity contribution in [2.24, 2.45) is 11.0 Å². The first-order valence-electron chi connectivity index (χ1n) is 16.2. The van der Waals surface area contributed by atoms with Crippen LogP contribution in [0.3, 0.4) is 0 Å². The lowest BCUT2D eigenvalue weighted by molar-refractivity contribution is -0.0500. The van der Waals surface area contributed by atoms with Crippen LogP contribution in [0.4, 0.5) is 0 Å². The van der Waals surface area contributed by atoms with Crippen LogP contribution in [0, 0.1) is 5.92 Å². The van der Waals surface area contributed by atoms with Crippen molar-refractivity contribution in [2.45, 2.75) is 108 Å². The van der Waals surface area contributed by atoms with Crippen molar-refractivity contribution in [1.29, 1.82) is 0 Å². The van der Waals surface area contributed by atoms with Crippen LogP contribution in [-0.4, -0.2) is 35.1 Å². The maximum atomic E-state index is 11.1. The summed E-state index contributed by atoms with van der Waals surface area (Å²) >= 11 is 0. The molecular weight excluding hydrogens is 534 g/mol. The summed E-state index contributed by atoms with van der Waals surface area (Å²) < 4.78 is 6.75. The lowest BCUT2D eigenvalue weighted by atomic mass is 9.80. The quantitative estimate of drug-likeness (QED) is 0.0428. The van der Waals surface area contributed by atoms with Crippen molar-refractivity contribution < 1.29 is 14.9 Å². The molecule has 0 saturated heterocycles. The van der Waals surface area contributed by atoms with E-state index in [4.69, 9.17) is 4.74 Å². The maximum absolute atomic E-state index is 11.1. The molecule has 0 saturated carbocycles. The molecule has 6 heteroatoms. The number of rotatable bonds is 21. The van der Waals surface area contributed by atoms with Crippen LogP contribution in [0.5, 0.6) is 0 Å². The highest BCUT2D eigenvalue weighted by Gasteiger charge is 2.39. The second-order valence-corrected chi connectivity index (χ2v) is 12.1. The van der Waals surface area contributed by atoms with Crippen molar-refractivity contribution in [1.82, 2.24) is 0 Å². The second kappa shape index (κ2) is 19.2. The summed E-state index contributed by atoms with van der Waals surface area (Å²) in [5.41, 5.74) is 11.1. The Bertz CT molecular complexity index is 1090. The Morgan fingerprint density at radius 1 is 0.651 bits per heavy atom. The molecular formula is C37H51N3O3. The van der Waals surface area contributed by atoms with E-state index in [2.05, 4.69) is 23.9 Å². The normalized spacial score (nSPS) is 13.8. The molecule has 0 fully saturated rings. The molecule has 0 aliphatic carbocycles. The highest BCUT2D eigenvalue weighted by atomic mass is 16.5. The van der Waals surface area contributed by atoms with Crippen molar-refractivity contribution in [2.75, 3.05) is 6.61 Å². The molecule has 0 heterocycles. The van der Waals surface area contributed by atoms with E-state index in [1.165, 1.54) is 44.9 Å². The number of hydrogen-bond donors (Lipinski definition) is 2. The van der Waals surface area contributed by atoms with E-state index in [1.54, 1.807) is 0 Å². The van der Waals surface area contributed by atoms with Gasteiger partial charge in [0.2, 0.25) is 0 Å². The zero-order valence-corrected chi connectivity index (χ0v) is 26.1. The molecule has 0 amide bonds. The predicted molar refractivity (Wildman–Crippen MR) is 176 cm³/mol. The van der Waals surface area contributed by atoms with Crippen LogP contribution in [-0.2, 0) is 10.3 Å². The minimum Gasteiger partial charge on any atom is -0.390 e. The van der Waals surface area contributed by atoms with Crippen molar-refractivity contribution >= 4 is 0 Å². The van der Waals surface area contributed by atoms with Crippen molar-refractivity contribution in [3.8, 4) is 0 Å². The molecule has 232 valence electrons. The number of azide groups is 1. The summed E-state index contributed by atoms with van der Waals surface area (Å²) in [6, 6.07) is 28.8. The fourth-order valence-electron chi connectivity index (χ4n) is 5.82. The molecule has 2 N–H and O–H groups in total. The summed E-state index contributed by atoms with van der Waals surface area (Å²) in [5.74, 6) is 0.801. The molecule has 43 heavy (non-hydrogen) atoms. The highest BCUT2D eigenvalue weighted by molar-refractivity contribution is 5.47. The van der Waals surface area contributed by atoms with E-state index in [0.717, 1.165) is 41.9 Å². The topological polar surface area (TPSA) is 98.5 Å². The second-order valence-electron chi connectivity index (χ2n) is 12.1. The molecule has 3 rings (SSSR count). The minimum atomic E-state index is -1.23. The van der Waals surface area contributed by atoms with E-state index in [1.807, 2.05) is 91.0 Å². The van der Waals surface area contributed by atoms with Gasteiger partial charge in [-0.05, 0) is 34.6 Å². The van der Waals surface area contributed by atoms with E-state index in [-0.39, 0.29) is 6.61 Å². The zero-order chi connectivity index (χ0) is 30.8. The molecule has 0 aliphatic heterocycles. The smallest absolute Gasteiger partial charge is 0.143 e. The molecule has 0 radical (unpaired) electrons. The third-order valence-corrected chi connectivity index (χ3v) is 8.28. The van der Waals surface area contributed by atoms with Gasteiger partial charge in [0, 0.05) is 4.91 Å². The fraction of sp³-hybridized carbons (Fsp3) is 0.514. The van der Waals surface area contributed by atoms with Crippen LogP contribution in [0.2, 0.25) is 0 Å². The summed E-state index contributed by atoms with van der Waals surface area (Å²) in [5, 5.41) is 25.9. The molecule has 3 atom stereocenters. The first kappa shape index (κ1) is 34.3. The van der Waals surface area contributed by atoms with Gasteiger partial charge in [0.1, 0.15) is 5.60 Å². The highest BCUT2D eigenvalue weighted by Crippen LogP contribution is 2.40. The van der Waals surface area contributed by atoms with Gasteiger partial charge in [0.25, 0.3) is 0 Å². The van der Waals surface area contributed by atoms with Gasteiger partial charge in [-0.1, -0.05) is 174 Å². The minimum absolute atomic E-state index is 0.0713. The van der Waals surface area contributed by atoms with Gasteiger partial charge in [0.15, 0.2) is 0 Å². The molecule has 0 bridgehead atoms. The number of hydrogen-bond acceptors (Lipinski definition) is 4. The molecule has 0 unspecified atom stereocenters. The van der Waals surface area contributed by atoms with Gasteiger partial charge < -0.3 is 14.9 Å². The summed E-state index contributed by atoms with van der Waals surface area (Å²) in [4.78, 5) is 3.00. The number of nitrogens with zero attached hydrogens (tertiary/aromatic N) is 3. The van der Waals surface area contributed by atoms with Crippen LogP contribution >= 0.6 is 0 Å². The number of aliphatic hydroxyl groups is 2. The lowest BCUT2D eigenvalue weighted by Gasteiger charge is -2.37. The Labute approximate surface area is 258 Å². The average Bonchev–Trinajstić information content (AvgIpc) is 3.04. The number of benzene rings is 3. The number of unbranched alkanes of at least 4 members (excludes halogenated alkanes) is 8. The fourth-order valence-corrected chi connectivity index (χ4v) is 5.82. The van der Waals surface area contributed by atoms with Gasteiger partial charge in [-0.2, -0.15) is 0 Å². The average molecular weight is 586 g/mol. The van der Waals surface area contributed by atoms with Crippen LogP contribution in [0.1, 0.15) is 101 Å². The molecule has 3 aromatic carbocycles. The molecule has 0 spiro atoms. The Kier molecular flexibility index (Phi) is 15.3.